The average molecular weight is 267 g/mol. The monoisotopic (exact) mass is 267 g/mol. The minimum atomic E-state index is -0.338. The normalized spacial score (nSPS) is 11.0. The molecule has 0 aliphatic rings. The second-order valence-corrected chi connectivity index (χ2v) is 5.02. The zero-order valence-corrected chi connectivity index (χ0v) is 12.1. The molecular formula is C14H21NO4. The van der Waals surface area contributed by atoms with Crippen LogP contribution in [0.4, 0.5) is 5.69 Å². The van der Waals surface area contributed by atoms with E-state index < -0.39 is 0 Å². The van der Waals surface area contributed by atoms with E-state index in [0.29, 0.717) is 17.2 Å². The van der Waals surface area contributed by atoms with Crippen molar-refractivity contribution in [2.75, 3.05) is 26.1 Å². The maximum Gasteiger partial charge on any atom is 0.250 e. The van der Waals surface area contributed by atoms with Gasteiger partial charge in [0, 0.05) is 11.8 Å². The standard InChI is InChI=1S/C14H21NO4/c1-14(2,3)19-9-13(16)15-10-6-7-11(17-4)12(8-10)18-5/h6-8H,9H2,1-5H3,(H,15,16). The van der Waals surface area contributed by atoms with Crippen LogP contribution in [0.25, 0.3) is 0 Å². The van der Waals surface area contributed by atoms with E-state index >= 15 is 0 Å². The lowest BCUT2D eigenvalue weighted by atomic mass is 10.2. The van der Waals surface area contributed by atoms with Gasteiger partial charge in [0.05, 0.1) is 19.8 Å². The van der Waals surface area contributed by atoms with Gasteiger partial charge in [0.15, 0.2) is 11.5 Å². The highest BCUT2D eigenvalue weighted by molar-refractivity contribution is 5.92. The van der Waals surface area contributed by atoms with E-state index in [-0.39, 0.29) is 18.1 Å². The predicted octanol–water partition coefficient (Wildman–Crippen LogP) is 2.46. The number of carbonyl (C=O) groups is 1. The first-order valence-corrected chi connectivity index (χ1v) is 6.01. The van der Waals surface area contributed by atoms with Gasteiger partial charge in [0.2, 0.25) is 5.91 Å². The maximum absolute atomic E-state index is 11.7. The van der Waals surface area contributed by atoms with Crippen molar-refractivity contribution < 1.29 is 19.0 Å². The Bertz CT molecular complexity index is 438. The number of hydrogen-bond acceptors (Lipinski definition) is 4. The molecule has 0 spiro atoms. The quantitative estimate of drug-likeness (QED) is 0.890. The van der Waals surface area contributed by atoms with Crippen LogP contribution < -0.4 is 14.8 Å². The molecule has 19 heavy (non-hydrogen) atoms. The molecular weight excluding hydrogens is 246 g/mol. The highest BCUT2D eigenvalue weighted by Crippen LogP contribution is 2.29. The Morgan fingerprint density at radius 3 is 2.32 bits per heavy atom. The fourth-order valence-corrected chi connectivity index (χ4v) is 1.39. The molecule has 0 heterocycles. The second kappa shape index (κ2) is 6.43. The number of methoxy groups -OCH3 is 2. The van der Waals surface area contributed by atoms with Crippen molar-refractivity contribution in [2.45, 2.75) is 26.4 Å². The largest absolute Gasteiger partial charge is 0.493 e. The number of ether oxygens (including phenoxy) is 3. The zero-order valence-electron chi connectivity index (χ0n) is 12.1. The second-order valence-electron chi connectivity index (χ2n) is 5.02. The first-order chi connectivity index (χ1) is 8.85. The smallest absolute Gasteiger partial charge is 0.250 e. The number of anilines is 1. The van der Waals surface area contributed by atoms with E-state index in [1.165, 1.54) is 0 Å². The van der Waals surface area contributed by atoms with E-state index in [4.69, 9.17) is 14.2 Å². The summed E-state index contributed by atoms with van der Waals surface area (Å²) >= 11 is 0. The van der Waals surface area contributed by atoms with Gasteiger partial charge in [-0.1, -0.05) is 0 Å². The highest BCUT2D eigenvalue weighted by Gasteiger charge is 2.13. The Kier molecular flexibility index (Phi) is 5.18. The molecule has 0 fully saturated rings. The van der Waals surface area contributed by atoms with E-state index in [2.05, 4.69) is 5.32 Å². The summed E-state index contributed by atoms with van der Waals surface area (Å²) in [5.74, 6) is 0.977. The van der Waals surface area contributed by atoms with Crippen LogP contribution in [0, 0.1) is 0 Å². The van der Waals surface area contributed by atoms with Gasteiger partial charge in [-0.05, 0) is 32.9 Å². The number of amides is 1. The molecule has 0 bridgehead atoms. The lowest BCUT2D eigenvalue weighted by Crippen LogP contribution is -2.27. The summed E-state index contributed by atoms with van der Waals surface area (Å²) in [6, 6.07) is 5.18. The van der Waals surface area contributed by atoms with Crippen molar-refractivity contribution >= 4 is 11.6 Å². The summed E-state index contributed by atoms with van der Waals surface area (Å²) in [6.45, 7) is 5.71. The summed E-state index contributed by atoms with van der Waals surface area (Å²) in [7, 11) is 3.11. The molecule has 1 aromatic rings. The van der Waals surface area contributed by atoms with Gasteiger partial charge < -0.3 is 19.5 Å². The predicted molar refractivity (Wildman–Crippen MR) is 73.9 cm³/mol. The Morgan fingerprint density at radius 1 is 1.16 bits per heavy atom. The summed E-state index contributed by atoms with van der Waals surface area (Å²) in [6.07, 6.45) is 0. The number of nitrogens with one attached hydrogen (secondary N) is 1. The van der Waals surface area contributed by atoms with E-state index in [1.807, 2.05) is 20.8 Å². The van der Waals surface area contributed by atoms with Gasteiger partial charge in [0.25, 0.3) is 0 Å². The summed E-state index contributed by atoms with van der Waals surface area (Å²) in [5, 5.41) is 2.74. The van der Waals surface area contributed by atoms with Gasteiger partial charge in [0.1, 0.15) is 6.61 Å². The van der Waals surface area contributed by atoms with Gasteiger partial charge in [-0.2, -0.15) is 0 Å². The van der Waals surface area contributed by atoms with Crippen LogP contribution in [-0.4, -0.2) is 32.3 Å². The Labute approximate surface area is 113 Å². The van der Waals surface area contributed by atoms with Crippen molar-refractivity contribution in [1.82, 2.24) is 0 Å². The van der Waals surface area contributed by atoms with Crippen LogP contribution in [0.15, 0.2) is 18.2 Å². The van der Waals surface area contributed by atoms with Crippen molar-refractivity contribution in [3.8, 4) is 11.5 Å². The fourth-order valence-electron chi connectivity index (χ4n) is 1.39. The maximum atomic E-state index is 11.7. The molecule has 0 radical (unpaired) electrons. The van der Waals surface area contributed by atoms with Crippen molar-refractivity contribution in [1.29, 1.82) is 0 Å². The van der Waals surface area contributed by atoms with E-state index in [9.17, 15) is 4.79 Å². The lowest BCUT2D eigenvalue weighted by molar-refractivity contribution is -0.125. The average Bonchev–Trinajstić information content (AvgIpc) is 2.35. The number of rotatable bonds is 5. The molecule has 1 rings (SSSR count). The molecule has 1 aromatic carbocycles. The molecule has 1 amide bonds. The van der Waals surface area contributed by atoms with Crippen LogP contribution in [0.2, 0.25) is 0 Å². The third kappa shape index (κ3) is 5.18. The molecule has 5 heteroatoms. The zero-order chi connectivity index (χ0) is 14.5. The lowest BCUT2D eigenvalue weighted by Gasteiger charge is -2.19. The molecule has 0 saturated carbocycles. The molecule has 5 nitrogen and oxygen atoms in total. The Balaban J connectivity index is 2.64. The van der Waals surface area contributed by atoms with Crippen molar-refractivity contribution in [3.05, 3.63) is 18.2 Å². The molecule has 0 aromatic heterocycles. The molecule has 0 atom stereocenters. The molecule has 0 aliphatic heterocycles. The first kappa shape index (κ1) is 15.3. The molecule has 0 saturated heterocycles. The van der Waals surface area contributed by atoms with Crippen LogP contribution in [0.5, 0.6) is 11.5 Å². The van der Waals surface area contributed by atoms with E-state index in [0.717, 1.165) is 0 Å². The van der Waals surface area contributed by atoms with Crippen LogP contribution >= 0.6 is 0 Å². The first-order valence-electron chi connectivity index (χ1n) is 6.01. The summed E-state index contributed by atoms with van der Waals surface area (Å²) in [5.41, 5.74) is 0.301. The van der Waals surface area contributed by atoms with Gasteiger partial charge in [-0.25, -0.2) is 0 Å². The summed E-state index contributed by atoms with van der Waals surface area (Å²) in [4.78, 5) is 11.7. The molecule has 0 unspecified atom stereocenters. The molecule has 106 valence electrons. The number of benzene rings is 1. The minimum Gasteiger partial charge on any atom is -0.493 e. The van der Waals surface area contributed by atoms with Crippen molar-refractivity contribution in [2.24, 2.45) is 0 Å². The van der Waals surface area contributed by atoms with Gasteiger partial charge in [-0.3, -0.25) is 4.79 Å². The van der Waals surface area contributed by atoms with Crippen LogP contribution in [-0.2, 0) is 9.53 Å². The van der Waals surface area contributed by atoms with Gasteiger partial charge in [-0.15, -0.1) is 0 Å². The SMILES string of the molecule is COc1ccc(NC(=O)COC(C)(C)C)cc1OC. The minimum absolute atomic E-state index is 0.0118. The van der Waals surface area contributed by atoms with Gasteiger partial charge >= 0.3 is 0 Å². The highest BCUT2D eigenvalue weighted by atomic mass is 16.5. The third-order valence-electron chi connectivity index (χ3n) is 2.30. The molecule has 1 N–H and O–H groups in total. The summed E-state index contributed by atoms with van der Waals surface area (Å²) < 4.78 is 15.7. The Morgan fingerprint density at radius 2 is 1.79 bits per heavy atom. The fraction of sp³-hybridized carbons (Fsp3) is 0.500. The molecule has 0 aliphatic carbocycles. The number of hydrogen-bond donors (Lipinski definition) is 1. The van der Waals surface area contributed by atoms with E-state index in [1.54, 1.807) is 32.4 Å². The third-order valence-corrected chi connectivity index (χ3v) is 2.30. The topological polar surface area (TPSA) is 56.8 Å². The number of carbonyl (C=O) groups excluding carboxylic acids is 1. The van der Waals surface area contributed by atoms with Crippen LogP contribution in [0.3, 0.4) is 0 Å². The van der Waals surface area contributed by atoms with Crippen molar-refractivity contribution in [3.63, 3.8) is 0 Å². The Hall–Kier alpha value is -1.75. The van der Waals surface area contributed by atoms with Crippen LogP contribution in [0.1, 0.15) is 20.8 Å².